The molecule has 1 aromatic carbocycles. The molecular formula is C13H19ClFN3O3S. The highest BCUT2D eigenvalue weighted by atomic mass is 35.5. The molecule has 1 N–H and O–H groups in total. The minimum atomic E-state index is -3.87. The van der Waals surface area contributed by atoms with Gasteiger partial charge in [-0.2, -0.15) is 4.31 Å². The van der Waals surface area contributed by atoms with E-state index in [0.29, 0.717) is 26.2 Å². The van der Waals surface area contributed by atoms with Crippen LogP contribution in [0.5, 0.6) is 0 Å². The third-order valence-electron chi connectivity index (χ3n) is 3.33. The van der Waals surface area contributed by atoms with Crippen LogP contribution >= 0.6 is 12.4 Å². The molecule has 0 unspecified atom stereocenters. The summed E-state index contributed by atoms with van der Waals surface area (Å²) in [4.78, 5) is 13.5. The number of benzene rings is 1. The van der Waals surface area contributed by atoms with Gasteiger partial charge in [0.1, 0.15) is 5.82 Å². The van der Waals surface area contributed by atoms with Gasteiger partial charge in [0.05, 0.1) is 11.4 Å². The van der Waals surface area contributed by atoms with E-state index in [-0.39, 0.29) is 29.8 Å². The number of amides is 1. The first-order valence-electron chi connectivity index (χ1n) is 6.61. The summed E-state index contributed by atoms with van der Waals surface area (Å²) in [7, 11) is -2.55. The van der Waals surface area contributed by atoms with Crippen LogP contribution in [0.2, 0.25) is 0 Å². The number of carbonyl (C=O) groups is 1. The zero-order chi connectivity index (χ0) is 15.5. The van der Waals surface area contributed by atoms with Gasteiger partial charge in [0.2, 0.25) is 15.9 Å². The van der Waals surface area contributed by atoms with Crippen LogP contribution in [-0.2, 0) is 14.8 Å². The molecule has 1 fully saturated rings. The molecule has 0 aliphatic carbocycles. The van der Waals surface area contributed by atoms with E-state index in [1.54, 1.807) is 4.90 Å². The number of hydrogen-bond donors (Lipinski definition) is 1. The lowest BCUT2D eigenvalue weighted by Gasteiger charge is -2.29. The number of rotatable bonds is 4. The first kappa shape index (κ1) is 18.8. The van der Waals surface area contributed by atoms with Crippen molar-refractivity contribution < 1.29 is 17.6 Å². The summed E-state index contributed by atoms with van der Waals surface area (Å²) in [5, 5.41) is 3.12. The summed E-state index contributed by atoms with van der Waals surface area (Å²) in [5.41, 5.74) is 0. The SMILES string of the molecule is CN(CC(=O)N1CCNCC1)S(=O)(=O)c1cccc(F)c1.Cl. The zero-order valence-electron chi connectivity index (χ0n) is 12.2. The number of hydrogen-bond acceptors (Lipinski definition) is 4. The van der Waals surface area contributed by atoms with Crippen LogP contribution in [-0.4, -0.2) is 63.3 Å². The molecule has 22 heavy (non-hydrogen) atoms. The highest BCUT2D eigenvalue weighted by Gasteiger charge is 2.26. The Morgan fingerprint density at radius 1 is 1.36 bits per heavy atom. The third-order valence-corrected chi connectivity index (χ3v) is 5.13. The van der Waals surface area contributed by atoms with Crippen molar-refractivity contribution in [3.05, 3.63) is 30.1 Å². The molecule has 0 aromatic heterocycles. The summed E-state index contributed by atoms with van der Waals surface area (Å²) in [6.07, 6.45) is 0. The monoisotopic (exact) mass is 351 g/mol. The summed E-state index contributed by atoms with van der Waals surface area (Å²) < 4.78 is 38.7. The normalized spacial score (nSPS) is 15.5. The second-order valence-electron chi connectivity index (χ2n) is 4.85. The van der Waals surface area contributed by atoms with E-state index in [4.69, 9.17) is 0 Å². The molecule has 0 radical (unpaired) electrons. The van der Waals surface area contributed by atoms with Gasteiger partial charge in [-0.3, -0.25) is 4.79 Å². The number of nitrogens with one attached hydrogen (secondary N) is 1. The Labute approximate surface area is 135 Å². The smallest absolute Gasteiger partial charge is 0.243 e. The molecular weight excluding hydrogens is 333 g/mol. The van der Waals surface area contributed by atoms with Gasteiger partial charge in [-0.05, 0) is 18.2 Å². The van der Waals surface area contributed by atoms with E-state index in [1.807, 2.05) is 0 Å². The van der Waals surface area contributed by atoms with Gasteiger partial charge < -0.3 is 10.2 Å². The molecule has 6 nitrogen and oxygen atoms in total. The minimum Gasteiger partial charge on any atom is -0.339 e. The lowest BCUT2D eigenvalue weighted by Crippen LogP contribution is -2.49. The number of piperazine rings is 1. The maximum Gasteiger partial charge on any atom is 0.243 e. The van der Waals surface area contributed by atoms with E-state index in [0.717, 1.165) is 10.4 Å². The molecule has 0 atom stereocenters. The Bertz CT molecular complexity index is 621. The van der Waals surface area contributed by atoms with Crippen molar-refractivity contribution in [2.45, 2.75) is 4.90 Å². The fraction of sp³-hybridized carbons (Fsp3) is 0.462. The Morgan fingerprint density at radius 3 is 2.59 bits per heavy atom. The number of nitrogens with zero attached hydrogens (tertiary/aromatic N) is 2. The molecule has 1 aliphatic rings. The van der Waals surface area contributed by atoms with E-state index < -0.39 is 15.8 Å². The average Bonchev–Trinajstić information content (AvgIpc) is 2.48. The van der Waals surface area contributed by atoms with Crippen molar-refractivity contribution in [1.82, 2.24) is 14.5 Å². The van der Waals surface area contributed by atoms with Gasteiger partial charge in [-0.1, -0.05) is 6.07 Å². The first-order valence-corrected chi connectivity index (χ1v) is 8.05. The van der Waals surface area contributed by atoms with Crippen LogP contribution in [0.3, 0.4) is 0 Å². The molecule has 124 valence electrons. The summed E-state index contributed by atoms with van der Waals surface area (Å²) in [6, 6.07) is 4.75. The first-order chi connectivity index (χ1) is 9.91. The lowest BCUT2D eigenvalue weighted by atomic mass is 10.3. The van der Waals surface area contributed by atoms with Gasteiger partial charge in [0, 0.05) is 33.2 Å². The van der Waals surface area contributed by atoms with Gasteiger partial charge >= 0.3 is 0 Å². The molecule has 1 heterocycles. The van der Waals surface area contributed by atoms with Gasteiger partial charge in [0.25, 0.3) is 0 Å². The van der Waals surface area contributed by atoms with E-state index >= 15 is 0 Å². The highest BCUT2D eigenvalue weighted by molar-refractivity contribution is 7.89. The van der Waals surface area contributed by atoms with Crippen LogP contribution in [0.4, 0.5) is 4.39 Å². The number of sulfonamides is 1. The highest BCUT2D eigenvalue weighted by Crippen LogP contribution is 2.15. The van der Waals surface area contributed by atoms with Crippen molar-refractivity contribution in [2.24, 2.45) is 0 Å². The minimum absolute atomic E-state index is 0. The fourth-order valence-electron chi connectivity index (χ4n) is 2.10. The van der Waals surface area contributed by atoms with Crippen molar-refractivity contribution in [2.75, 3.05) is 39.8 Å². The number of likely N-dealkylation sites (N-methyl/N-ethyl adjacent to an activating group) is 1. The van der Waals surface area contributed by atoms with Crippen molar-refractivity contribution in [3.63, 3.8) is 0 Å². The second-order valence-corrected chi connectivity index (χ2v) is 6.89. The maximum atomic E-state index is 13.1. The van der Waals surface area contributed by atoms with Gasteiger partial charge in [0.15, 0.2) is 0 Å². The Balaban J connectivity index is 0.00000242. The average molecular weight is 352 g/mol. The number of halogens is 2. The zero-order valence-corrected chi connectivity index (χ0v) is 13.8. The van der Waals surface area contributed by atoms with Crippen LogP contribution in [0.25, 0.3) is 0 Å². The Hall–Kier alpha value is -1.22. The molecule has 0 saturated carbocycles. The number of carbonyl (C=O) groups excluding carboxylic acids is 1. The predicted octanol–water partition coefficient (Wildman–Crippen LogP) is 0.300. The van der Waals surface area contributed by atoms with Crippen LogP contribution in [0.1, 0.15) is 0 Å². The largest absolute Gasteiger partial charge is 0.339 e. The molecule has 1 amide bonds. The van der Waals surface area contributed by atoms with Crippen LogP contribution in [0, 0.1) is 5.82 Å². The van der Waals surface area contributed by atoms with Gasteiger partial charge in [-0.25, -0.2) is 12.8 Å². The molecule has 1 aliphatic heterocycles. The van der Waals surface area contributed by atoms with E-state index in [9.17, 15) is 17.6 Å². The molecule has 0 bridgehead atoms. The third kappa shape index (κ3) is 4.39. The van der Waals surface area contributed by atoms with E-state index in [1.165, 1.54) is 25.2 Å². The maximum absolute atomic E-state index is 13.1. The van der Waals surface area contributed by atoms with Crippen LogP contribution in [0.15, 0.2) is 29.2 Å². The van der Waals surface area contributed by atoms with Gasteiger partial charge in [-0.15, -0.1) is 12.4 Å². The van der Waals surface area contributed by atoms with E-state index in [2.05, 4.69) is 5.32 Å². The van der Waals surface area contributed by atoms with Crippen molar-refractivity contribution in [1.29, 1.82) is 0 Å². The fourth-order valence-corrected chi connectivity index (χ4v) is 3.25. The summed E-state index contributed by atoms with van der Waals surface area (Å²) >= 11 is 0. The topological polar surface area (TPSA) is 69.7 Å². The Kier molecular flexibility index (Phi) is 6.73. The molecule has 2 rings (SSSR count). The van der Waals surface area contributed by atoms with Crippen molar-refractivity contribution in [3.8, 4) is 0 Å². The molecule has 9 heteroatoms. The summed E-state index contributed by atoms with van der Waals surface area (Å²) in [6.45, 7) is 2.27. The predicted molar refractivity (Wildman–Crippen MR) is 82.9 cm³/mol. The molecule has 0 spiro atoms. The molecule has 1 aromatic rings. The van der Waals surface area contributed by atoms with Crippen molar-refractivity contribution >= 4 is 28.3 Å². The Morgan fingerprint density at radius 2 is 2.00 bits per heavy atom. The second kappa shape index (κ2) is 7.87. The lowest BCUT2D eigenvalue weighted by molar-refractivity contribution is -0.131. The summed E-state index contributed by atoms with van der Waals surface area (Å²) in [5.74, 6) is -0.878. The molecule has 1 saturated heterocycles. The van der Waals surface area contributed by atoms with Crippen LogP contribution < -0.4 is 5.32 Å². The quantitative estimate of drug-likeness (QED) is 0.847. The standard InChI is InChI=1S/C13H18FN3O3S.ClH/c1-16(10-13(18)17-7-5-15-6-8-17)21(19,20)12-4-2-3-11(14)9-12;/h2-4,9,15H,5-8,10H2,1H3;1H.